The Hall–Kier alpha value is -2.56. The summed E-state index contributed by atoms with van der Waals surface area (Å²) in [5.41, 5.74) is 6.69. The Morgan fingerprint density at radius 2 is 1.84 bits per heavy atom. The molecule has 0 saturated carbocycles. The van der Waals surface area contributed by atoms with Gasteiger partial charge in [0.1, 0.15) is 17.4 Å². The molecule has 5 nitrogen and oxygen atoms in total. The molecule has 0 radical (unpaired) electrons. The lowest BCUT2D eigenvalue weighted by Crippen LogP contribution is -2.07. The molecule has 0 bridgehead atoms. The van der Waals surface area contributed by atoms with Gasteiger partial charge in [-0.25, -0.2) is 0 Å². The minimum absolute atomic E-state index is 0.541. The third-order valence-corrected chi connectivity index (χ3v) is 2.86. The van der Waals surface area contributed by atoms with Crippen LogP contribution in [0.5, 0.6) is 5.75 Å². The van der Waals surface area contributed by atoms with Gasteiger partial charge in [-0.2, -0.15) is 0 Å². The Bertz CT molecular complexity index is 678. The molecule has 2 aromatic heterocycles. The average molecular weight is 254 g/mol. The maximum Gasteiger partial charge on any atom is 0.162 e. The number of benzene rings is 1. The van der Waals surface area contributed by atoms with Crippen molar-refractivity contribution < 1.29 is 4.74 Å². The molecule has 5 heteroatoms. The van der Waals surface area contributed by atoms with Gasteiger partial charge in [0.25, 0.3) is 0 Å². The van der Waals surface area contributed by atoms with E-state index >= 15 is 0 Å². The maximum absolute atomic E-state index is 5.93. The summed E-state index contributed by atoms with van der Waals surface area (Å²) < 4.78 is 7.49. The van der Waals surface area contributed by atoms with Crippen molar-refractivity contribution in [1.82, 2.24) is 14.6 Å². The number of nitrogen functional groups attached to an aromatic ring is 1. The molecule has 19 heavy (non-hydrogen) atoms. The van der Waals surface area contributed by atoms with Crippen LogP contribution in [-0.4, -0.2) is 21.2 Å². The predicted octanol–water partition coefficient (Wildman–Crippen LogP) is 1.93. The zero-order chi connectivity index (χ0) is 13.1. The van der Waals surface area contributed by atoms with Gasteiger partial charge in [0.05, 0.1) is 6.61 Å². The summed E-state index contributed by atoms with van der Waals surface area (Å²) in [7, 11) is 0. The van der Waals surface area contributed by atoms with Crippen LogP contribution >= 0.6 is 0 Å². The molecule has 2 N–H and O–H groups in total. The molecular formula is C14H14N4O. The SMILES string of the molecule is Nc1cccc2nnc(CCOc3ccccc3)n12. The first-order valence-electron chi connectivity index (χ1n) is 6.11. The Morgan fingerprint density at radius 3 is 2.68 bits per heavy atom. The lowest BCUT2D eigenvalue weighted by Gasteiger charge is -2.06. The monoisotopic (exact) mass is 254 g/mol. The number of ether oxygens (including phenoxy) is 1. The smallest absolute Gasteiger partial charge is 0.162 e. The van der Waals surface area contributed by atoms with Gasteiger partial charge in [-0.3, -0.25) is 4.40 Å². The summed E-state index contributed by atoms with van der Waals surface area (Å²) in [4.78, 5) is 0. The molecule has 3 rings (SSSR count). The van der Waals surface area contributed by atoms with Crippen molar-refractivity contribution in [3.63, 3.8) is 0 Å². The van der Waals surface area contributed by atoms with Gasteiger partial charge in [-0.05, 0) is 24.3 Å². The number of hydrogen-bond acceptors (Lipinski definition) is 4. The number of pyridine rings is 1. The predicted molar refractivity (Wildman–Crippen MR) is 73.0 cm³/mol. The van der Waals surface area contributed by atoms with Crippen molar-refractivity contribution in [3.8, 4) is 5.75 Å². The molecule has 0 aliphatic carbocycles. The molecule has 1 aromatic carbocycles. The molecular weight excluding hydrogens is 240 g/mol. The largest absolute Gasteiger partial charge is 0.493 e. The van der Waals surface area contributed by atoms with Crippen LogP contribution in [0.4, 0.5) is 5.82 Å². The maximum atomic E-state index is 5.93. The van der Waals surface area contributed by atoms with Crippen LogP contribution in [0.15, 0.2) is 48.5 Å². The van der Waals surface area contributed by atoms with Gasteiger partial charge in [0.2, 0.25) is 0 Å². The first-order valence-corrected chi connectivity index (χ1v) is 6.11. The van der Waals surface area contributed by atoms with Crippen molar-refractivity contribution in [1.29, 1.82) is 0 Å². The van der Waals surface area contributed by atoms with Gasteiger partial charge in [-0.1, -0.05) is 24.3 Å². The lowest BCUT2D eigenvalue weighted by molar-refractivity contribution is 0.318. The highest BCUT2D eigenvalue weighted by Crippen LogP contribution is 2.12. The second kappa shape index (κ2) is 4.97. The number of para-hydroxylation sites is 1. The Balaban J connectivity index is 1.72. The third kappa shape index (κ3) is 2.35. The average Bonchev–Trinajstić information content (AvgIpc) is 2.85. The molecule has 0 fully saturated rings. The summed E-state index contributed by atoms with van der Waals surface area (Å²) in [6.45, 7) is 0.541. The second-order valence-corrected chi connectivity index (χ2v) is 4.17. The number of nitrogens with zero attached hydrogens (tertiary/aromatic N) is 3. The number of anilines is 1. The Kier molecular flexibility index (Phi) is 3.02. The van der Waals surface area contributed by atoms with Crippen LogP contribution in [0, 0.1) is 0 Å². The van der Waals surface area contributed by atoms with Gasteiger partial charge in [0, 0.05) is 6.42 Å². The molecule has 0 saturated heterocycles. The van der Waals surface area contributed by atoms with Crippen LogP contribution in [0.2, 0.25) is 0 Å². The molecule has 0 aliphatic heterocycles. The topological polar surface area (TPSA) is 65.4 Å². The summed E-state index contributed by atoms with van der Waals surface area (Å²) in [6.07, 6.45) is 0.657. The first-order chi connectivity index (χ1) is 9.34. The van der Waals surface area contributed by atoms with E-state index in [1.54, 1.807) is 0 Å². The summed E-state index contributed by atoms with van der Waals surface area (Å²) >= 11 is 0. The molecule has 0 unspecified atom stereocenters. The van der Waals surface area contributed by atoms with E-state index in [1.807, 2.05) is 52.9 Å². The summed E-state index contributed by atoms with van der Waals surface area (Å²) in [6, 6.07) is 15.3. The van der Waals surface area contributed by atoms with E-state index in [9.17, 15) is 0 Å². The molecule has 0 amide bonds. The fourth-order valence-electron chi connectivity index (χ4n) is 1.97. The highest BCUT2D eigenvalue weighted by Gasteiger charge is 2.07. The minimum atomic E-state index is 0.541. The van der Waals surface area contributed by atoms with Gasteiger partial charge < -0.3 is 10.5 Å². The van der Waals surface area contributed by atoms with Crippen molar-refractivity contribution in [2.24, 2.45) is 0 Å². The van der Waals surface area contributed by atoms with E-state index in [4.69, 9.17) is 10.5 Å². The van der Waals surface area contributed by atoms with E-state index in [0.29, 0.717) is 18.8 Å². The summed E-state index contributed by atoms with van der Waals surface area (Å²) in [5, 5.41) is 8.22. The second-order valence-electron chi connectivity index (χ2n) is 4.17. The molecule has 0 atom stereocenters. The lowest BCUT2D eigenvalue weighted by atomic mass is 10.3. The number of fused-ring (bicyclic) bond motifs is 1. The van der Waals surface area contributed by atoms with E-state index < -0.39 is 0 Å². The van der Waals surface area contributed by atoms with Gasteiger partial charge >= 0.3 is 0 Å². The number of rotatable bonds is 4. The third-order valence-electron chi connectivity index (χ3n) is 2.86. The molecule has 0 spiro atoms. The first kappa shape index (κ1) is 11.5. The highest BCUT2D eigenvalue weighted by atomic mass is 16.5. The quantitative estimate of drug-likeness (QED) is 0.772. The molecule has 2 heterocycles. The van der Waals surface area contributed by atoms with Gasteiger partial charge in [-0.15, -0.1) is 10.2 Å². The zero-order valence-corrected chi connectivity index (χ0v) is 10.4. The highest BCUT2D eigenvalue weighted by molar-refractivity contribution is 5.47. The molecule has 3 aromatic rings. The Morgan fingerprint density at radius 1 is 1.00 bits per heavy atom. The van der Waals surface area contributed by atoms with E-state index in [2.05, 4.69) is 10.2 Å². The summed E-state index contributed by atoms with van der Waals surface area (Å²) in [5.74, 6) is 2.30. The van der Waals surface area contributed by atoms with Crippen molar-refractivity contribution in [3.05, 3.63) is 54.4 Å². The van der Waals surface area contributed by atoms with Crippen molar-refractivity contribution >= 4 is 11.5 Å². The van der Waals surface area contributed by atoms with Crippen LogP contribution in [0.1, 0.15) is 5.82 Å². The van der Waals surface area contributed by atoms with E-state index in [1.165, 1.54) is 0 Å². The van der Waals surface area contributed by atoms with Crippen LogP contribution < -0.4 is 10.5 Å². The van der Waals surface area contributed by atoms with Crippen molar-refractivity contribution in [2.75, 3.05) is 12.3 Å². The number of nitrogens with two attached hydrogens (primary N) is 1. The van der Waals surface area contributed by atoms with E-state index in [-0.39, 0.29) is 0 Å². The van der Waals surface area contributed by atoms with Crippen LogP contribution in [0.3, 0.4) is 0 Å². The van der Waals surface area contributed by atoms with Gasteiger partial charge in [0.15, 0.2) is 5.65 Å². The molecule has 96 valence electrons. The zero-order valence-electron chi connectivity index (χ0n) is 10.4. The van der Waals surface area contributed by atoms with Crippen LogP contribution in [-0.2, 0) is 6.42 Å². The number of aromatic nitrogens is 3. The standard InChI is InChI=1S/C14H14N4O/c15-12-7-4-8-13-16-17-14(18(12)13)9-10-19-11-5-2-1-3-6-11/h1-8H,9-10,15H2. The normalized spacial score (nSPS) is 10.7. The van der Waals surface area contributed by atoms with Crippen LogP contribution in [0.25, 0.3) is 5.65 Å². The minimum Gasteiger partial charge on any atom is -0.493 e. The molecule has 0 aliphatic rings. The fourth-order valence-corrected chi connectivity index (χ4v) is 1.97. The number of hydrogen-bond donors (Lipinski definition) is 1. The fraction of sp³-hybridized carbons (Fsp3) is 0.143. The Labute approximate surface area is 110 Å². The van der Waals surface area contributed by atoms with E-state index in [0.717, 1.165) is 17.2 Å². The van der Waals surface area contributed by atoms with Crippen molar-refractivity contribution in [2.45, 2.75) is 6.42 Å².